The minimum atomic E-state index is -0.00236. The van der Waals surface area contributed by atoms with Crippen molar-refractivity contribution < 1.29 is 14.6 Å². The first-order chi connectivity index (χ1) is 7.65. The van der Waals surface area contributed by atoms with Crippen molar-refractivity contribution in [2.75, 3.05) is 0 Å². The van der Waals surface area contributed by atoms with Gasteiger partial charge in [-0.15, -0.1) is 0 Å². The first-order valence-electron chi connectivity index (χ1n) is 5.67. The molecule has 0 amide bonds. The van der Waals surface area contributed by atoms with Crippen LogP contribution in [0.2, 0.25) is 0 Å². The van der Waals surface area contributed by atoms with Gasteiger partial charge in [0.1, 0.15) is 23.4 Å². The van der Waals surface area contributed by atoms with E-state index in [1.807, 2.05) is 13.0 Å². The van der Waals surface area contributed by atoms with E-state index in [0.29, 0.717) is 24.5 Å². The van der Waals surface area contributed by atoms with Crippen LogP contribution in [-0.2, 0) is 4.79 Å². The number of hydrogen-bond donors (Lipinski definition) is 1. The molecular formula is C13H14O3. The molecule has 16 heavy (non-hydrogen) atoms. The predicted molar refractivity (Wildman–Crippen MR) is 58.9 cm³/mol. The van der Waals surface area contributed by atoms with Gasteiger partial charge in [0.2, 0.25) is 0 Å². The summed E-state index contributed by atoms with van der Waals surface area (Å²) in [5.74, 6) is 1.74. The molecular weight excluding hydrogens is 204 g/mol. The SMILES string of the molecule is Cc1cc2c(cc1O)[C@H]1CCC(=O)C[C@@H]1O2. The highest BCUT2D eigenvalue weighted by atomic mass is 16.5. The third-order valence-electron chi connectivity index (χ3n) is 3.62. The van der Waals surface area contributed by atoms with E-state index in [2.05, 4.69) is 0 Å². The lowest BCUT2D eigenvalue weighted by Gasteiger charge is -2.22. The highest BCUT2D eigenvalue weighted by Gasteiger charge is 2.39. The fourth-order valence-electron chi connectivity index (χ4n) is 2.69. The van der Waals surface area contributed by atoms with Crippen LogP contribution in [0.15, 0.2) is 12.1 Å². The van der Waals surface area contributed by atoms with E-state index in [1.165, 1.54) is 0 Å². The molecule has 0 unspecified atom stereocenters. The molecule has 1 N–H and O–H groups in total. The average Bonchev–Trinajstić information content (AvgIpc) is 2.55. The Balaban J connectivity index is 2.02. The van der Waals surface area contributed by atoms with E-state index < -0.39 is 0 Å². The molecule has 1 saturated carbocycles. The summed E-state index contributed by atoms with van der Waals surface area (Å²) in [5, 5.41) is 9.70. The van der Waals surface area contributed by atoms with Crippen LogP contribution in [0.1, 0.15) is 36.3 Å². The van der Waals surface area contributed by atoms with Crippen molar-refractivity contribution in [3.63, 3.8) is 0 Å². The van der Waals surface area contributed by atoms with Crippen LogP contribution >= 0.6 is 0 Å². The van der Waals surface area contributed by atoms with Gasteiger partial charge in [0.15, 0.2) is 0 Å². The second kappa shape index (κ2) is 3.24. The van der Waals surface area contributed by atoms with E-state index in [0.717, 1.165) is 23.3 Å². The third kappa shape index (κ3) is 1.31. The minimum absolute atomic E-state index is 0.00236. The van der Waals surface area contributed by atoms with E-state index >= 15 is 0 Å². The van der Waals surface area contributed by atoms with Gasteiger partial charge in [-0.05, 0) is 31.0 Å². The zero-order valence-electron chi connectivity index (χ0n) is 9.19. The van der Waals surface area contributed by atoms with Crippen molar-refractivity contribution in [2.24, 2.45) is 0 Å². The molecule has 0 radical (unpaired) electrons. The average molecular weight is 218 g/mol. The van der Waals surface area contributed by atoms with E-state index in [1.54, 1.807) is 6.07 Å². The standard InChI is InChI=1S/C13H14O3/c1-7-4-12-10(6-11(7)15)9-3-2-8(14)5-13(9)16-12/h4,6,9,13,15H,2-3,5H2,1H3/t9-,13+/m1/s1. The first kappa shape index (κ1) is 9.70. The van der Waals surface area contributed by atoms with Crippen molar-refractivity contribution in [2.45, 2.75) is 38.2 Å². The zero-order chi connectivity index (χ0) is 11.3. The summed E-state index contributed by atoms with van der Waals surface area (Å²) >= 11 is 0. The summed E-state index contributed by atoms with van der Waals surface area (Å²) < 4.78 is 5.79. The first-order valence-corrected chi connectivity index (χ1v) is 5.67. The number of aryl methyl sites for hydroxylation is 1. The molecule has 2 aliphatic rings. The monoisotopic (exact) mass is 218 g/mol. The molecule has 1 aromatic carbocycles. The second-order valence-corrected chi connectivity index (χ2v) is 4.72. The summed E-state index contributed by atoms with van der Waals surface area (Å²) in [6.07, 6.45) is 1.99. The number of fused-ring (bicyclic) bond motifs is 3. The van der Waals surface area contributed by atoms with Crippen molar-refractivity contribution in [1.82, 2.24) is 0 Å². The van der Waals surface area contributed by atoms with E-state index in [4.69, 9.17) is 4.74 Å². The molecule has 1 heterocycles. The number of benzene rings is 1. The highest BCUT2D eigenvalue weighted by Crippen LogP contribution is 2.46. The lowest BCUT2D eigenvalue weighted by Crippen LogP contribution is -2.27. The van der Waals surface area contributed by atoms with Gasteiger partial charge in [-0.25, -0.2) is 0 Å². The number of phenols is 1. The minimum Gasteiger partial charge on any atom is -0.508 e. The Morgan fingerprint density at radius 3 is 3.06 bits per heavy atom. The molecule has 84 valence electrons. The molecule has 3 rings (SSSR count). The van der Waals surface area contributed by atoms with Crippen LogP contribution in [0, 0.1) is 6.92 Å². The summed E-state index contributed by atoms with van der Waals surface area (Å²) in [5.41, 5.74) is 1.89. The fourth-order valence-corrected chi connectivity index (χ4v) is 2.69. The second-order valence-electron chi connectivity index (χ2n) is 4.72. The number of phenolic OH excluding ortho intramolecular Hbond substituents is 1. The number of ether oxygens (including phenoxy) is 1. The number of rotatable bonds is 0. The van der Waals surface area contributed by atoms with Crippen LogP contribution in [0.4, 0.5) is 0 Å². The maximum absolute atomic E-state index is 11.4. The van der Waals surface area contributed by atoms with Gasteiger partial charge >= 0.3 is 0 Å². The lowest BCUT2D eigenvalue weighted by molar-refractivity contribution is -0.122. The number of carbonyl (C=O) groups is 1. The number of ketones is 1. The Morgan fingerprint density at radius 2 is 2.25 bits per heavy atom. The van der Waals surface area contributed by atoms with Gasteiger partial charge in [-0.3, -0.25) is 4.79 Å². The van der Waals surface area contributed by atoms with Gasteiger partial charge in [-0.1, -0.05) is 0 Å². The normalized spacial score (nSPS) is 27.2. The Bertz CT molecular complexity index is 464. The Labute approximate surface area is 94.0 Å². The molecule has 1 aliphatic carbocycles. The molecule has 0 bridgehead atoms. The number of hydrogen-bond acceptors (Lipinski definition) is 3. The molecule has 1 fully saturated rings. The quantitative estimate of drug-likeness (QED) is 0.726. The van der Waals surface area contributed by atoms with Crippen LogP contribution < -0.4 is 4.74 Å². The summed E-state index contributed by atoms with van der Waals surface area (Å²) in [4.78, 5) is 11.4. The summed E-state index contributed by atoms with van der Waals surface area (Å²) in [7, 11) is 0. The van der Waals surface area contributed by atoms with Crippen molar-refractivity contribution >= 4 is 5.78 Å². The lowest BCUT2D eigenvalue weighted by atomic mass is 9.82. The summed E-state index contributed by atoms with van der Waals surface area (Å²) in [6.45, 7) is 1.85. The molecule has 1 aliphatic heterocycles. The van der Waals surface area contributed by atoms with Gasteiger partial charge in [0.25, 0.3) is 0 Å². The molecule has 1 aromatic rings. The fraction of sp³-hybridized carbons (Fsp3) is 0.462. The summed E-state index contributed by atoms with van der Waals surface area (Å²) in [6, 6.07) is 3.67. The number of aromatic hydroxyl groups is 1. The van der Waals surface area contributed by atoms with Gasteiger partial charge in [0, 0.05) is 24.3 Å². The van der Waals surface area contributed by atoms with E-state index in [-0.39, 0.29) is 11.9 Å². The Morgan fingerprint density at radius 1 is 1.44 bits per heavy atom. The molecule has 3 nitrogen and oxygen atoms in total. The maximum Gasteiger partial charge on any atom is 0.136 e. The van der Waals surface area contributed by atoms with Gasteiger partial charge < -0.3 is 9.84 Å². The van der Waals surface area contributed by atoms with Crippen LogP contribution in [0.25, 0.3) is 0 Å². The van der Waals surface area contributed by atoms with Gasteiger partial charge in [0.05, 0.1) is 0 Å². The molecule has 0 spiro atoms. The molecule has 3 heteroatoms. The third-order valence-corrected chi connectivity index (χ3v) is 3.62. The smallest absolute Gasteiger partial charge is 0.136 e. The largest absolute Gasteiger partial charge is 0.508 e. The number of carbonyl (C=O) groups excluding carboxylic acids is 1. The van der Waals surface area contributed by atoms with Crippen LogP contribution in [0.5, 0.6) is 11.5 Å². The van der Waals surface area contributed by atoms with Gasteiger partial charge in [-0.2, -0.15) is 0 Å². The van der Waals surface area contributed by atoms with Crippen LogP contribution in [-0.4, -0.2) is 17.0 Å². The van der Waals surface area contributed by atoms with Crippen molar-refractivity contribution in [3.8, 4) is 11.5 Å². The van der Waals surface area contributed by atoms with Crippen molar-refractivity contribution in [3.05, 3.63) is 23.3 Å². The maximum atomic E-state index is 11.4. The zero-order valence-corrected chi connectivity index (χ0v) is 9.19. The topological polar surface area (TPSA) is 46.5 Å². The number of Topliss-reactive ketones (excluding diaryl/α,β-unsaturated/α-hetero) is 1. The van der Waals surface area contributed by atoms with Crippen molar-refractivity contribution in [1.29, 1.82) is 0 Å². The van der Waals surface area contributed by atoms with E-state index in [9.17, 15) is 9.90 Å². The Hall–Kier alpha value is -1.51. The molecule has 0 aromatic heterocycles. The molecule has 2 atom stereocenters. The van der Waals surface area contributed by atoms with Crippen LogP contribution in [0.3, 0.4) is 0 Å². The predicted octanol–water partition coefficient (Wildman–Crippen LogP) is 2.30. The molecule has 0 saturated heterocycles. The Kier molecular flexibility index (Phi) is 1.96. The highest BCUT2D eigenvalue weighted by molar-refractivity contribution is 5.80.